The number of carbonyl (C=O) groups excluding carboxylic acids is 1. The summed E-state index contributed by atoms with van der Waals surface area (Å²) in [5, 5.41) is 3.78. The van der Waals surface area contributed by atoms with Crippen LogP contribution >= 0.6 is 23.5 Å². The van der Waals surface area contributed by atoms with Gasteiger partial charge >= 0.3 is 0 Å². The molecule has 31 heavy (non-hydrogen) atoms. The Bertz CT molecular complexity index is 1130. The molecule has 1 aliphatic heterocycles. The van der Waals surface area contributed by atoms with Crippen molar-refractivity contribution in [1.82, 2.24) is 9.55 Å². The van der Waals surface area contributed by atoms with E-state index in [0.717, 1.165) is 28.3 Å². The lowest BCUT2D eigenvalue weighted by molar-refractivity contribution is -0.113. The van der Waals surface area contributed by atoms with Crippen molar-refractivity contribution < 1.29 is 9.53 Å². The van der Waals surface area contributed by atoms with E-state index < -0.39 is 0 Å². The number of nitrogens with one attached hydrogen (secondary N) is 1. The summed E-state index contributed by atoms with van der Waals surface area (Å²) in [7, 11) is 1.60. The molecule has 1 aliphatic rings. The first-order chi connectivity index (χ1) is 15.0. The van der Waals surface area contributed by atoms with Crippen LogP contribution in [0.3, 0.4) is 0 Å². The van der Waals surface area contributed by atoms with Crippen LogP contribution in [0.1, 0.15) is 18.2 Å². The molecule has 0 bridgehead atoms. The molecule has 0 aliphatic carbocycles. The third kappa shape index (κ3) is 5.14. The number of hydrogen-bond acceptors (Lipinski definition) is 6. The summed E-state index contributed by atoms with van der Waals surface area (Å²) in [6.45, 7) is 2.53. The van der Waals surface area contributed by atoms with E-state index in [9.17, 15) is 9.59 Å². The average Bonchev–Trinajstić information content (AvgIpc) is 3.16. The number of hydrogen-bond donors (Lipinski definition) is 1. The van der Waals surface area contributed by atoms with Crippen LogP contribution in [-0.2, 0) is 17.8 Å². The van der Waals surface area contributed by atoms with Crippen molar-refractivity contribution in [2.24, 2.45) is 0 Å². The van der Waals surface area contributed by atoms with Crippen molar-refractivity contribution in [2.75, 3.05) is 18.2 Å². The van der Waals surface area contributed by atoms with E-state index in [1.54, 1.807) is 47.7 Å². The first-order valence-electron chi connectivity index (χ1n) is 9.94. The van der Waals surface area contributed by atoms with Crippen LogP contribution in [-0.4, -0.2) is 33.6 Å². The van der Waals surface area contributed by atoms with E-state index in [0.29, 0.717) is 22.6 Å². The number of ether oxygens (including phenoxy) is 1. The summed E-state index contributed by atoms with van der Waals surface area (Å²) < 4.78 is 6.82. The molecule has 0 fully saturated rings. The Morgan fingerprint density at radius 2 is 1.97 bits per heavy atom. The first kappa shape index (κ1) is 21.5. The third-order valence-corrected chi connectivity index (χ3v) is 7.04. The Balaban J connectivity index is 1.53. The largest absolute Gasteiger partial charge is 0.497 e. The number of benzene rings is 2. The van der Waals surface area contributed by atoms with Crippen molar-refractivity contribution in [3.8, 4) is 5.75 Å². The average molecular weight is 454 g/mol. The van der Waals surface area contributed by atoms with Crippen molar-refractivity contribution in [2.45, 2.75) is 35.2 Å². The van der Waals surface area contributed by atoms with Crippen molar-refractivity contribution in [3.63, 3.8) is 0 Å². The molecule has 0 saturated heterocycles. The summed E-state index contributed by atoms with van der Waals surface area (Å²) in [5.74, 6) is 0.736. The Hall–Kier alpha value is -2.71. The molecule has 0 spiro atoms. The highest BCUT2D eigenvalue weighted by atomic mass is 32.2. The summed E-state index contributed by atoms with van der Waals surface area (Å²) in [5.41, 5.74) is 2.53. The molecule has 0 radical (unpaired) electrons. The lowest BCUT2D eigenvalue weighted by atomic mass is 10.2. The van der Waals surface area contributed by atoms with Crippen molar-refractivity contribution in [3.05, 3.63) is 76.2 Å². The minimum Gasteiger partial charge on any atom is -0.497 e. The number of carbonyl (C=O) groups is 1. The van der Waals surface area contributed by atoms with E-state index in [2.05, 4.69) is 12.2 Å². The summed E-state index contributed by atoms with van der Waals surface area (Å²) in [6, 6.07) is 17.0. The standard InChI is InChI=1S/C23H23N3O3S2/c1-15-12-19-21(31-15)22(28)26(13-16-6-4-3-5-7-16)23(25-19)30-14-20(27)24-17-8-10-18(29-2)11-9-17/h3-11,15H,12-14H2,1-2H3,(H,24,27). The number of anilines is 1. The monoisotopic (exact) mass is 453 g/mol. The maximum absolute atomic E-state index is 13.2. The Kier molecular flexibility index (Phi) is 6.67. The predicted molar refractivity (Wildman–Crippen MR) is 125 cm³/mol. The van der Waals surface area contributed by atoms with E-state index >= 15 is 0 Å². The number of rotatable bonds is 7. The number of aromatic nitrogens is 2. The molecule has 1 N–H and O–H groups in total. The van der Waals surface area contributed by atoms with Gasteiger partial charge in [0.25, 0.3) is 5.56 Å². The van der Waals surface area contributed by atoms with E-state index in [1.807, 2.05) is 30.3 Å². The van der Waals surface area contributed by atoms with Gasteiger partial charge in [0.2, 0.25) is 5.91 Å². The fourth-order valence-electron chi connectivity index (χ4n) is 3.35. The Morgan fingerprint density at radius 1 is 1.23 bits per heavy atom. The molecule has 3 aromatic rings. The van der Waals surface area contributed by atoms with Gasteiger partial charge in [-0.1, -0.05) is 49.0 Å². The van der Waals surface area contributed by atoms with Crippen molar-refractivity contribution >= 4 is 35.1 Å². The number of methoxy groups -OCH3 is 1. The van der Waals surface area contributed by atoms with Crippen LogP contribution in [0.15, 0.2) is 69.4 Å². The maximum Gasteiger partial charge on any atom is 0.268 e. The van der Waals surface area contributed by atoms with Gasteiger partial charge in [-0.25, -0.2) is 4.98 Å². The summed E-state index contributed by atoms with van der Waals surface area (Å²) >= 11 is 2.87. The highest BCUT2D eigenvalue weighted by Gasteiger charge is 2.26. The van der Waals surface area contributed by atoms with Gasteiger partial charge in [-0.15, -0.1) is 11.8 Å². The second-order valence-electron chi connectivity index (χ2n) is 7.25. The molecule has 2 aromatic carbocycles. The van der Waals surface area contributed by atoms with Crippen LogP contribution < -0.4 is 15.6 Å². The molecule has 1 aromatic heterocycles. The van der Waals surface area contributed by atoms with Crippen LogP contribution in [0.5, 0.6) is 5.75 Å². The number of fused-ring (bicyclic) bond motifs is 1. The molecular weight excluding hydrogens is 430 g/mol. The molecule has 160 valence electrons. The predicted octanol–water partition coefficient (Wildman–Crippen LogP) is 4.07. The van der Waals surface area contributed by atoms with Gasteiger partial charge in [0, 0.05) is 17.4 Å². The molecule has 1 unspecified atom stereocenters. The normalized spacial score (nSPS) is 14.8. The molecule has 1 atom stereocenters. The maximum atomic E-state index is 13.2. The van der Waals surface area contributed by atoms with E-state index in [1.165, 1.54) is 11.8 Å². The fraction of sp³-hybridized carbons (Fsp3) is 0.261. The van der Waals surface area contributed by atoms with Gasteiger partial charge in [-0.2, -0.15) is 0 Å². The molecular formula is C23H23N3O3S2. The van der Waals surface area contributed by atoms with Crippen LogP contribution in [0, 0.1) is 0 Å². The first-order valence-corrected chi connectivity index (χ1v) is 11.8. The van der Waals surface area contributed by atoms with Crippen LogP contribution in [0.25, 0.3) is 0 Å². The minimum atomic E-state index is -0.154. The Morgan fingerprint density at radius 3 is 2.68 bits per heavy atom. The summed E-state index contributed by atoms with van der Waals surface area (Å²) in [6.07, 6.45) is 0.771. The smallest absolute Gasteiger partial charge is 0.268 e. The summed E-state index contributed by atoms with van der Waals surface area (Å²) in [4.78, 5) is 31.2. The van der Waals surface area contributed by atoms with E-state index in [4.69, 9.17) is 9.72 Å². The van der Waals surface area contributed by atoms with E-state index in [-0.39, 0.29) is 17.2 Å². The molecule has 2 heterocycles. The number of nitrogens with zero attached hydrogens (tertiary/aromatic N) is 2. The highest BCUT2D eigenvalue weighted by molar-refractivity contribution is 8.00. The molecule has 4 rings (SSSR count). The molecule has 6 nitrogen and oxygen atoms in total. The lowest BCUT2D eigenvalue weighted by Crippen LogP contribution is -2.26. The third-order valence-electron chi connectivity index (χ3n) is 4.85. The SMILES string of the molecule is COc1ccc(NC(=O)CSc2nc3c(c(=O)n2Cc2ccccc2)SC(C)C3)cc1. The minimum absolute atomic E-state index is 0.0266. The van der Waals surface area contributed by atoms with Gasteiger partial charge < -0.3 is 10.1 Å². The second-order valence-corrected chi connectivity index (χ2v) is 9.64. The Labute approximate surface area is 189 Å². The van der Waals surface area contributed by atoms with Gasteiger partial charge in [-0.05, 0) is 29.8 Å². The quantitative estimate of drug-likeness (QED) is 0.430. The number of thioether (sulfide) groups is 2. The van der Waals surface area contributed by atoms with Crippen LogP contribution in [0.4, 0.5) is 5.69 Å². The fourth-order valence-corrected chi connectivity index (χ4v) is 5.28. The zero-order valence-electron chi connectivity index (χ0n) is 17.3. The van der Waals surface area contributed by atoms with Gasteiger partial charge in [0.15, 0.2) is 5.16 Å². The lowest BCUT2D eigenvalue weighted by Gasteiger charge is -2.14. The van der Waals surface area contributed by atoms with Crippen molar-refractivity contribution in [1.29, 1.82) is 0 Å². The molecule has 0 saturated carbocycles. The second kappa shape index (κ2) is 9.62. The molecule has 1 amide bonds. The zero-order valence-corrected chi connectivity index (χ0v) is 19.0. The number of amides is 1. The van der Waals surface area contributed by atoms with Gasteiger partial charge in [0.1, 0.15) is 5.75 Å². The van der Waals surface area contributed by atoms with Crippen LogP contribution in [0.2, 0.25) is 0 Å². The van der Waals surface area contributed by atoms with Gasteiger partial charge in [-0.3, -0.25) is 14.2 Å². The highest BCUT2D eigenvalue weighted by Crippen LogP contribution is 2.34. The molecule has 8 heteroatoms. The van der Waals surface area contributed by atoms with Gasteiger partial charge in [0.05, 0.1) is 30.0 Å². The zero-order chi connectivity index (χ0) is 21.8. The topological polar surface area (TPSA) is 73.2 Å².